The Morgan fingerprint density at radius 2 is 1.86 bits per heavy atom. The lowest BCUT2D eigenvalue weighted by Crippen LogP contribution is -2.45. The van der Waals surface area contributed by atoms with Gasteiger partial charge in [-0.15, -0.1) is 0 Å². The number of sulfonamides is 1. The van der Waals surface area contributed by atoms with E-state index in [1.165, 1.54) is 4.31 Å². The third-order valence-corrected chi connectivity index (χ3v) is 7.89. The van der Waals surface area contributed by atoms with Crippen LogP contribution in [-0.2, 0) is 21.2 Å². The molecule has 3 heterocycles. The molecule has 1 aromatic rings. The van der Waals surface area contributed by atoms with Gasteiger partial charge in [-0.3, -0.25) is 9.59 Å². The van der Waals surface area contributed by atoms with Gasteiger partial charge >= 0.3 is 0 Å². The number of likely N-dealkylation sites (tertiary alicyclic amines) is 1. The molecule has 0 bridgehead atoms. The van der Waals surface area contributed by atoms with Crippen LogP contribution in [0.3, 0.4) is 0 Å². The summed E-state index contributed by atoms with van der Waals surface area (Å²) in [7, 11) is -3.20. The molecule has 9 heteroatoms. The van der Waals surface area contributed by atoms with Crippen molar-refractivity contribution in [1.29, 1.82) is 0 Å². The molecule has 1 N–H and O–H groups in total. The summed E-state index contributed by atoms with van der Waals surface area (Å²) in [5.41, 5.74) is 1.28. The number of hydrogen-bond acceptors (Lipinski definition) is 5. The first-order valence-electron chi connectivity index (χ1n) is 10.2. The van der Waals surface area contributed by atoms with Crippen LogP contribution < -0.4 is 5.56 Å². The highest BCUT2D eigenvalue weighted by molar-refractivity contribution is 7.89. The molecule has 2 aliphatic heterocycles. The van der Waals surface area contributed by atoms with E-state index in [0.29, 0.717) is 50.3 Å². The van der Waals surface area contributed by atoms with Crippen LogP contribution in [0.4, 0.5) is 0 Å². The number of carbonyl (C=O) groups excluding carboxylic acids is 1. The van der Waals surface area contributed by atoms with Gasteiger partial charge in [-0.05, 0) is 46.0 Å². The van der Waals surface area contributed by atoms with Crippen molar-refractivity contribution in [3.05, 3.63) is 27.4 Å². The molecule has 1 amide bonds. The lowest BCUT2D eigenvalue weighted by atomic mass is 9.96. The summed E-state index contributed by atoms with van der Waals surface area (Å²) in [6.07, 6.45) is 3.36. The number of aromatic amines is 1. The molecule has 2 aliphatic rings. The van der Waals surface area contributed by atoms with Crippen molar-refractivity contribution >= 4 is 15.9 Å². The maximum Gasteiger partial charge on any atom is 0.254 e. The zero-order valence-electron chi connectivity index (χ0n) is 16.9. The molecule has 0 aliphatic carbocycles. The Morgan fingerprint density at radius 3 is 2.43 bits per heavy atom. The fourth-order valence-corrected chi connectivity index (χ4v) is 5.45. The first-order chi connectivity index (χ1) is 13.3. The van der Waals surface area contributed by atoms with Gasteiger partial charge in [0.15, 0.2) is 0 Å². The number of piperidine rings is 1. The number of rotatable bonds is 5. The van der Waals surface area contributed by atoms with Gasteiger partial charge in [-0.2, -0.15) is 0 Å². The summed E-state index contributed by atoms with van der Waals surface area (Å²) in [4.78, 5) is 34.8. The maximum atomic E-state index is 13.1. The quantitative estimate of drug-likeness (QED) is 0.789. The van der Waals surface area contributed by atoms with Gasteiger partial charge in [0.1, 0.15) is 5.82 Å². The highest BCUT2D eigenvalue weighted by Crippen LogP contribution is 2.33. The van der Waals surface area contributed by atoms with Crippen LogP contribution in [-0.4, -0.2) is 58.9 Å². The first kappa shape index (κ1) is 21.0. The van der Waals surface area contributed by atoms with E-state index in [9.17, 15) is 18.0 Å². The topological polar surface area (TPSA) is 103 Å². The molecular weight excluding hydrogens is 380 g/mol. The Morgan fingerprint density at radius 1 is 1.18 bits per heavy atom. The second kappa shape index (κ2) is 8.32. The Hall–Kier alpha value is -1.74. The van der Waals surface area contributed by atoms with E-state index in [1.54, 1.807) is 6.92 Å². The van der Waals surface area contributed by atoms with Crippen molar-refractivity contribution in [2.75, 3.05) is 25.4 Å². The van der Waals surface area contributed by atoms with Crippen LogP contribution >= 0.6 is 0 Å². The number of amides is 1. The molecule has 1 atom stereocenters. The normalized spacial score (nSPS) is 22.0. The monoisotopic (exact) mass is 410 g/mol. The Balaban J connectivity index is 1.73. The van der Waals surface area contributed by atoms with E-state index in [4.69, 9.17) is 0 Å². The minimum atomic E-state index is -3.20. The second-order valence-corrected chi connectivity index (χ2v) is 9.89. The maximum absolute atomic E-state index is 13.1. The molecule has 0 aromatic carbocycles. The minimum Gasteiger partial charge on any atom is -0.332 e. The highest BCUT2D eigenvalue weighted by atomic mass is 32.2. The standard InChI is InChI=1S/C19H30N4O4S/c1-4-15-13(3)20-17(21-18(15)24)16-7-6-10-23(16)19(25)14-8-11-22(12-9-14)28(26,27)5-2/h14,16H,4-12H2,1-3H3,(H,20,21,24). The number of aromatic nitrogens is 2. The van der Waals surface area contributed by atoms with Gasteiger partial charge in [0.2, 0.25) is 15.9 Å². The Labute approximate surface area is 166 Å². The number of nitrogens with one attached hydrogen (secondary N) is 1. The molecule has 1 aromatic heterocycles. The van der Waals surface area contributed by atoms with Crippen LogP contribution in [0, 0.1) is 12.8 Å². The average Bonchev–Trinajstić information content (AvgIpc) is 3.17. The van der Waals surface area contributed by atoms with Crippen LogP contribution in [0.5, 0.6) is 0 Å². The van der Waals surface area contributed by atoms with E-state index < -0.39 is 10.0 Å². The highest BCUT2D eigenvalue weighted by Gasteiger charge is 2.38. The van der Waals surface area contributed by atoms with Gasteiger partial charge in [0.25, 0.3) is 5.56 Å². The third-order valence-electron chi connectivity index (χ3n) is 6.01. The molecule has 156 valence electrons. The number of H-pyrrole nitrogens is 1. The van der Waals surface area contributed by atoms with Crippen LogP contribution in [0.25, 0.3) is 0 Å². The van der Waals surface area contributed by atoms with Crippen molar-refractivity contribution in [2.45, 2.75) is 58.9 Å². The van der Waals surface area contributed by atoms with Gasteiger partial charge in [0.05, 0.1) is 11.8 Å². The second-order valence-electron chi connectivity index (χ2n) is 7.63. The summed E-state index contributed by atoms with van der Waals surface area (Å²) >= 11 is 0. The third kappa shape index (κ3) is 4.00. The molecule has 3 rings (SSSR count). The molecule has 0 saturated carbocycles. The molecule has 8 nitrogen and oxygen atoms in total. The van der Waals surface area contributed by atoms with Crippen LogP contribution in [0.1, 0.15) is 62.7 Å². The smallest absolute Gasteiger partial charge is 0.254 e. The van der Waals surface area contributed by atoms with Gasteiger partial charge in [0, 0.05) is 36.8 Å². The number of hydrogen-bond donors (Lipinski definition) is 1. The summed E-state index contributed by atoms with van der Waals surface area (Å²) in [6, 6.07) is -0.206. The first-order valence-corrected chi connectivity index (χ1v) is 11.8. The summed E-state index contributed by atoms with van der Waals surface area (Å²) in [5.74, 6) is 0.533. The van der Waals surface area contributed by atoms with E-state index in [-0.39, 0.29) is 29.2 Å². The van der Waals surface area contributed by atoms with Crippen molar-refractivity contribution in [2.24, 2.45) is 5.92 Å². The average molecular weight is 411 g/mol. The Kier molecular flexibility index (Phi) is 6.24. The number of carbonyl (C=O) groups is 1. The molecular formula is C19H30N4O4S. The van der Waals surface area contributed by atoms with E-state index in [1.807, 2.05) is 18.7 Å². The number of aryl methyl sites for hydroxylation is 1. The molecule has 2 saturated heterocycles. The van der Waals surface area contributed by atoms with Crippen molar-refractivity contribution in [3.63, 3.8) is 0 Å². The predicted molar refractivity (Wildman–Crippen MR) is 106 cm³/mol. The zero-order valence-corrected chi connectivity index (χ0v) is 17.7. The predicted octanol–water partition coefficient (Wildman–Crippen LogP) is 1.37. The van der Waals surface area contributed by atoms with Crippen molar-refractivity contribution in [3.8, 4) is 0 Å². The largest absolute Gasteiger partial charge is 0.332 e. The van der Waals surface area contributed by atoms with E-state index >= 15 is 0 Å². The van der Waals surface area contributed by atoms with Crippen LogP contribution in [0.15, 0.2) is 4.79 Å². The van der Waals surface area contributed by atoms with Gasteiger partial charge < -0.3 is 9.88 Å². The van der Waals surface area contributed by atoms with Crippen molar-refractivity contribution in [1.82, 2.24) is 19.2 Å². The van der Waals surface area contributed by atoms with Crippen molar-refractivity contribution < 1.29 is 13.2 Å². The SMILES string of the molecule is CCc1c(C)nc(C2CCCN2C(=O)C2CCN(S(=O)(=O)CC)CC2)[nH]c1=O. The molecule has 0 spiro atoms. The summed E-state index contributed by atoms with van der Waals surface area (Å²) in [6.45, 7) is 6.84. The molecule has 0 radical (unpaired) electrons. The summed E-state index contributed by atoms with van der Waals surface area (Å²) in [5, 5.41) is 0. The van der Waals surface area contributed by atoms with Crippen LogP contribution in [0.2, 0.25) is 0 Å². The summed E-state index contributed by atoms with van der Waals surface area (Å²) < 4.78 is 25.5. The molecule has 28 heavy (non-hydrogen) atoms. The minimum absolute atomic E-state index is 0.0518. The van der Waals surface area contributed by atoms with Gasteiger partial charge in [-0.25, -0.2) is 17.7 Å². The van der Waals surface area contributed by atoms with E-state index in [2.05, 4.69) is 9.97 Å². The molecule has 2 fully saturated rings. The lowest BCUT2D eigenvalue weighted by Gasteiger charge is -2.34. The molecule has 1 unspecified atom stereocenters. The fraction of sp³-hybridized carbons (Fsp3) is 0.737. The number of nitrogens with zero attached hydrogens (tertiary/aromatic N) is 3. The lowest BCUT2D eigenvalue weighted by molar-refractivity contribution is -0.137. The zero-order chi connectivity index (χ0) is 20.5. The van der Waals surface area contributed by atoms with E-state index in [0.717, 1.165) is 18.5 Å². The Bertz CT molecular complexity index is 888. The fourth-order valence-electron chi connectivity index (χ4n) is 4.32. The van der Waals surface area contributed by atoms with Gasteiger partial charge in [-0.1, -0.05) is 6.92 Å².